The molecule has 0 spiro atoms. The van der Waals surface area contributed by atoms with E-state index in [1.807, 2.05) is 0 Å². The molecule has 3 rings (SSSR count). The van der Waals surface area contributed by atoms with Gasteiger partial charge >= 0.3 is 0 Å². The molecule has 0 aliphatic rings. The zero-order valence-corrected chi connectivity index (χ0v) is 14.1. The van der Waals surface area contributed by atoms with Gasteiger partial charge in [0.2, 0.25) is 0 Å². The zero-order valence-electron chi connectivity index (χ0n) is 13.3. The highest BCUT2D eigenvalue weighted by Crippen LogP contribution is 2.31. The number of hydrogen-bond acceptors (Lipinski definition) is 3. The summed E-state index contributed by atoms with van der Waals surface area (Å²) >= 11 is 6.00. The number of rotatable bonds is 2. The Balaban J connectivity index is 2.58. The summed E-state index contributed by atoms with van der Waals surface area (Å²) in [5.41, 5.74) is 5.86. The van der Waals surface area contributed by atoms with Gasteiger partial charge in [-0.1, -0.05) is 18.5 Å². The molecule has 0 saturated carbocycles. The van der Waals surface area contributed by atoms with Crippen LogP contribution >= 0.6 is 11.6 Å². The van der Waals surface area contributed by atoms with Gasteiger partial charge in [0.05, 0.1) is 10.9 Å². The van der Waals surface area contributed by atoms with E-state index in [1.165, 1.54) is 16.7 Å². The maximum atomic E-state index is 14.0. The minimum absolute atomic E-state index is 0.0356. The molecule has 0 amide bonds. The molecule has 0 aliphatic heterocycles. The summed E-state index contributed by atoms with van der Waals surface area (Å²) in [6.45, 7) is 3.36. The quantitative estimate of drug-likeness (QED) is 0.698. The number of aromatic nitrogens is 2. The van der Waals surface area contributed by atoms with Crippen LogP contribution in [0.15, 0.2) is 23.0 Å². The van der Waals surface area contributed by atoms with Crippen molar-refractivity contribution in [3.8, 4) is 5.82 Å². The van der Waals surface area contributed by atoms with Crippen LogP contribution in [0.25, 0.3) is 16.7 Å². The topological polar surface area (TPSA) is 60.9 Å². The second-order valence-corrected chi connectivity index (χ2v) is 5.95. The zero-order chi connectivity index (χ0) is 18.5. The highest BCUT2D eigenvalue weighted by atomic mass is 35.5. The summed E-state index contributed by atoms with van der Waals surface area (Å²) in [5, 5.41) is -0.656. The van der Waals surface area contributed by atoms with E-state index in [-0.39, 0.29) is 22.5 Å². The monoisotopic (exact) mass is 367 g/mol. The largest absolute Gasteiger partial charge is 0.381 e. The number of hydrogen-bond donors (Lipinski definition) is 1. The molecule has 3 aromatic rings. The third-order valence-corrected chi connectivity index (χ3v) is 4.30. The van der Waals surface area contributed by atoms with Crippen LogP contribution in [0.3, 0.4) is 0 Å². The van der Waals surface area contributed by atoms with Crippen LogP contribution in [0, 0.1) is 24.4 Å². The van der Waals surface area contributed by atoms with Crippen LogP contribution in [0.1, 0.15) is 18.2 Å². The highest BCUT2D eigenvalue weighted by molar-refractivity contribution is 6.35. The van der Waals surface area contributed by atoms with E-state index < -0.39 is 27.9 Å². The molecule has 0 unspecified atom stereocenters. The Kier molecular flexibility index (Phi) is 4.20. The predicted molar refractivity (Wildman–Crippen MR) is 90.8 cm³/mol. The predicted octanol–water partition coefficient (Wildman–Crippen LogP) is 3.91. The van der Waals surface area contributed by atoms with E-state index in [0.29, 0.717) is 17.7 Å². The fourth-order valence-corrected chi connectivity index (χ4v) is 3.02. The number of anilines is 1. The Morgan fingerprint density at radius 1 is 1.20 bits per heavy atom. The van der Waals surface area contributed by atoms with Gasteiger partial charge in [-0.2, -0.15) is 0 Å². The maximum absolute atomic E-state index is 14.0. The summed E-state index contributed by atoms with van der Waals surface area (Å²) in [6.07, 6.45) is 0.374. The lowest BCUT2D eigenvalue weighted by atomic mass is 10.1. The van der Waals surface area contributed by atoms with Gasteiger partial charge in [-0.15, -0.1) is 0 Å². The van der Waals surface area contributed by atoms with Crippen molar-refractivity contribution in [3.05, 3.63) is 62.2 Å². The first-order valence-electron chi connectivity index (χ1n) is 7.41. The average molecular weight is 368 g/mol. The van der Waals surface area contributed by atoms with Crippen molar-refractivity contribution in [3.63, 3.8) is 0 Å². The Morgan fingerprint density at radius 2 is 1.88 bits per heavy atom. The molecule has 0 saturated heterocycles. The van der Waals surface area contributed by atoms with Gasteiger partial charge in [-0.3, -0.25) is 9.36 Å². The maximum Gasteiger partial charge on any atom is 0.189 e. The molecule has 4 nitrogen and oxygen atoms in total. The number of nitrogens with zero attached hydrogens (tertiary/aromatic N) is 2. The summed E-state index contributed by atoms with van der Waals surface area (Å²) in [6, 6.07) is 3.25. The molecule has 0 aliphatic carbocycles. The van der Waals surface area contributed by atoms with Crippen molar-refractivity contribution in [1.29, 1.82) is 0 Å². The fourth-order valence-electron chi connectivity index (χ4n) is 2.74. The van der Waals surface area contributed by atoms with Gasteiger partial charge in [0, 0.05) is 11.8 Å². The number of pyridine rings is 2. The SMILES string of the molecule is CCc1cc(=O)c2cc(F)c(F)c(Cl)c2n1-c1nc(N)c(F)cc1C. The summed E-state index contributed by atoms with van der Waals surface area (Å²) in [7, 11) is 0. The number of nitrogens with two attached hydrogens (primary N) is 1. The first-order chi connectivity index (χ1) is 11.8. The third kappa shape index (κ3) is 2.64. The molecular weight excluding hydrogens is 355 g/mol. The van der Waals surface area contributed by atoms with Gasteiger partial charge in [-0.05, 0) is 31.0 Å². The van der Waals surface area contributed by atoms with Crippen molar-refractivity contribution in [2.45, 2.75) is 20.3 Å². The van der Waals surface area contributed by atoms with Gasteiger partial charge in [0.25, 0.3) is 0 Å². The molecular formula is C17H13ClF3N3O. The number of halogens is 4. The summed E-state index contributed by atoms with van der Waals surface area (Å²) < 4.78 is 42.8. The molecule has 2 N–H and O–H groups in total. The van der Waals surface area contributed by atoms with Crippen molar-refractivity contribution >= 4 is 28.3 Å². The van der Waals surface area contributed by atoms with Gasteiger partial charge in [0.15, 0.2) is 28.7 Å². The molecule has 8 heteroatoms. The normalized spacial score (nSPS) is 11.3. The molecule has 25 heavy (non-hydrogen) atoms. The first kappa shape index (κ1) is 17.3. The number of benzene rings is 1. The fraction of sp³-hybridized carbons (Fsp3) is 0.176. The van der Waals surface area contributed by atoms with Crippen LogP contribution in [0.4, 0.5) is 19.0 Å². The second kappa shape index (κ2) is 6.07. The highest BCUT2D eigenvalue weighted by Gasteiger charge is 2.21. The minimum Gasteiger partial charge on any atom is -0.381 e. The smallest absolute Gasteiger partial charge is 0.189 e. The molecule has 0 atom stereocenters. The molecule has 2 heterocycles. The molecule has 0 fully saturated rings. The van der Waals surface area contributed by atoms with Gasteiger partial charge < -0.3 is 5.73 Å². The minimum atomic E-state index is -1.27. The van der Waals surface area contributed by atoms with Crippen LogP contribution < -0.4 is 11.2 Å². The van der Waals surface area contributed by atoms with Gasteiger partial charge in [-0.25, -0.2) is 18.2 Å². The second-order valence-electron chi connectivity index (χ2n) is 5.57. The molecule has 1 aromatic carbocycles. The Hall–Kier alpha value is -2.54. The van der Waals surface area contributed by atoms with Gasteiger partial charge in [0.1, 0.15) is 10.8 Å². The first-order valence-corrected chi connectivity index (χ1v) is 7.79. The standard InChI is InChI=1S/C17H13ClF3N3O/c1-3-8-5-12(25)9-6-10(19)14(21)13(18)15(9)24(8)17-7(2)4-11(20)16(22)23-17/h4-6H,3H2,1-2H3,(H2,22,23). The lowest BCUT2D eigenvalue weighted by Gasteiger charge is -2.19. The van der Waals surface area contributed by atoms with E-state index in [2.05, 4.69) is 4.98 Å². The molecule has 0 bridgehead atoms. The Bertz CT molecular complexity index is 1080. The number of nitrogen functional groups attached to an aromatic ring is 1. The van der Waals surface area contributed by atoms with Crippen LogP contribution in [-0.2, 0) is 6.42 Å². The molecule has 2 aromatic heterocycles. The van der Waals surface area contributed by atoms with Crippen LogP contribution in [-0.4, -0.2) is 9.55 Å². The van der Waals surface area contributed by atoms with E-state index in [4.69, 9.17) is 17.3 Å². The van der Waals surface area contributed by atoms with Crippen molar-refractivity contribution in [1.82, 2.24) is 9.55 Å². The lowest BCUT2D eigenvalue weighted by Crippen LogP contribution is -2.16. The summed E-state index contributed by atoms with van der Waals surface area (Å²) in [4.78, 5) is 16.3. The van der Waals surface area contributed by atoms with Crippen LogP contribution in [0.2, 0.25) is 5.02 Å². The van der Waals surface area contributed by atoms with Crippen LogP contribution in [0.5, 0.6) is 0 Å². The Labute approximate surface area is 145 Å². The molecule has 0 radical (unpaired) electrons. The number of aryl methyl sites for hydroxylation is 2. The third-order valence-electron chi connectivity index (χ3n) is 3.95. The van der Waals surface area contributed by atoms with E-state index in [0.717, 1.165) is 6.07 Å². The molecule has 130 valence electrons. The number of fused-ring (bicyclic) bond motifs is 1. The van der Waals surface area contributed by atoms with E-state index >= 15 is 0 Å². The Morgan fingerprint density at radius 3 is 2.52 bits per heavy atom. The lowest BCUT2D eigenvalue weighted by molar-refractivity contribution is 0.510. The van der Waals surface area contributed by atoms with Crippen molar-refractivity contribution < 1.29 is 13.2 Å². The summed E-state index contributed by atoms with van der Waals surface area (Å²) in [5.74, 6) is -3.37. The van der Waals surface area contributed by atoms with E-state index in [9.17, 15) is 18.0 Å². The van der Waals surface area contributed by atoms with Crippen molar-refractivity contribution in [2.24, 2.45) is 0 Å². The van der Waals surface area contributed by atoms with Crippen molar-refractivity contribution in [2.75, 3.05) is 5.73 Å². The van der Waals surface area contributed by atoms with E-state index in [1.54, 1.807) is 13.8 Å². The average Bonchev–Trinajstić information content (AvgIpc) is 2.57.